The van der Waals surface area contributed by atoms with Crippen molar-refractivity contribution in [3.63, 3.8) is 0 Å². The molecule has 1 aromatic carbocycles. The molecule has 1 aromatic heterocycles. The van der Waals surface area contributed by atoms with Gasteiger partial charge in [-0.15, -0.1) is 0 Å². The number of hydrogen-bond acceptors (Lipinski definition) is 5. The molecule has 0 fully saturated rings. The summed E-state index contributed by atoms with van der Waals surface area (Å²) in [5.41, 5.74) is 9.99. The third kappa shape index (κ3) is 2.10. The summed E-state index contributed by atoms with van der Waals surface area (Å²) >= 11 is 0. The van der Waals surface area contributed by atoms with Crippen LogP contribution >= 0.6 is 0 Å². The molecule has 5 nitrogen and oxygen atoms in total. The van der Waals surface area contributed by atoms with E-state index in [-0.39, 0.29) is 0 Å². The van der Waals surface area contributed by atoms with E-state index in [1.54, 1.807) is 0 Å². The lowest BCUT2D eigenvalue weighted by molar-refractivity contribution is 0.795. The maximum atomic E-state index is 5.67. The Balaban J connectivity index is 2.03. The van der Waals surface area contributed by atoms with Crippen molar-refractivity contribution in [2.45, 2.75) is 13.5 Å². The molecule has 1 aliphatic heterocycles. The van der Waals surface area contributed by atoms with Gasteiger partial charge in [0.15, 0.2) is 0 Å². The molecule has 0 bridgehead atoms. The fourth-order valence-corrected chi connectivity index (χ4v) is 2.52. The normalized spacial score (nSPS) is 14.3. The third-order valence-corrected chi connectivity index (χ3v) is 3.77. The summed E-state index contributed by atoms with van der Waals surface area (Å²) in [6, 6.07) is 8.34. The minimum atomic E-state index is 0.478. The van der Waals surface area contributed by atoms with Crippen LogP contribution in [0.2, 0.25) is 0 Å². The fraction of sp³-hybridized carbons (Fsp3) is 0.333. The fourth-order valence-electron chi connectivity index (χ4n) is 2.52. The number of fused-ring (bicyclic) bond motifs is 1. The van der Waals surface area contributed by atoms with Crippen LogP contribution < -0.4 is 15.5 Å². The summed E-state index contributed by atoms with van der Waals surface area (Å²) in [4.78, 5) is 13.5. The van der Waals surface area contributed by atoms with Crippen molar-refractivity contribution in [1.29, 1.82) is 0 Å². The number of anilines is 3. The van der Waals surface area contributed by atoms with Gasteiger partial charge in [-0.1, -0.05) is 12.1 Å². The monoisotopic (exact) mass is 269 g/mol. The summed E-state index contributed by atoms with van der Waals surface area (Å²) < 4.78 is 0. The molecule has 0 aliphatic carbocycles. The van der Waals surface area contributed by atoms with Gasteiger partial charge in [0.05, 0.1) is 11.4 Å². The topological polar surface area (TPSA) is 58.3 Å². The first-order valence-electron chi connectivity index (χ1n) is 6.81. The molecule has 0 spiro atoms. The summed E-state index contributed by atoms with van der Waals surface area (Å²) in [7, 11) is 2.11. The van der Waals surface area contributed by atoms with E-state index >= 15 is 0 Å². The predicted molar refractivity (Wildman–Crippen MR) is 81.4 cm³/mol. The number of aryl methyl sites for hydroxylation is 1. The van der Waals surface area contributed by atoms with E-state index in [4.69, 9.17) is 5.73 Å². The molecule has 3 rings (SSSR count). The van der Waals surface area contributed by atoms with Crippen molar-refractivity contribution in [2.75, 3.05) is 29.9 Å². The van der Waals surface area contributed by atoms with E-state index in [2.05, 4.69) is 45.0 Å². The van der Waals surface area contributed by atoms with Gasteiger partial charge in [-0.25, -0.2) is 9.97 Å². The van der Waals surface area contributed by atoms with Crippen molar-refractivity contribution in [3.8, 4) is 0 Å². The Morgan fingerprint density at radius 3 is 2.65 bits per heavy atom. The number of hydrogen-bond donors (Lipinski definition) is 1. The zero-order valence-electron chi connectivity index (χ0n) is 11.9. The van der Waals surface area contributed by atoms with E-state index in [1.165, 1.54) is 5.69 Å². The average molecular weight is 269 g/mol. The van der Waals surface area contributed by atoms with E-state index < -0.39 is 0 Å². The summed E-state index contributed by atoms with van der Waals surface area (Å²) in [5, 5.41) is 0. The van der Waals surface area contributed by atoms with E-state index in [1.807, 2.05) is 19.2 Å². The van der Waals surface area contributed by atoms with Crippen LogP contribution in [0.25, 0.3) is 0 Å². The second-order valence-corrected chi connectivity index (χ2v) is 5.05. The number of nitrogens with two attached hydrogens (primary N) is 1. The zero-order valence-corrected chi connectivity index (χ0v) is 11.9. The molecular weight excluding hydrogens is 250 g/mol. The number of benzene rings is 1. The first-order chi connectivity index (χ1) is 9.70. The summed E-state index contributed by atoms with van der Waals surface area (Å²) in [6.07, 6.45) is 1.83. The summed E-state index contributed by atoms with van der Waals surface area (Å²) in [5.74, 6) is 0.750. The van der Waals surface area contributed by atoms with Gasteiger partial charge < -0.3 is 15.5 Å². The highest BCUT2D eigenvalue weighted by atomic mass is 15.3. The SMILES string of the molecule is Cc1nc(N2CCN(C)c3ccccc32)ncc1CN. The predicted octanol–water partition coefficient (Wildman–Crippen LogP) is 1.83. The molecule has 0 unspecified atom stereocenters. The second-order valence-electron chi connectivity index (χ2n) is 5.05. The first kappa shape index (κ1) is 12.9. The van der Waals surface area contributed by atoms with Crippen LogP contribution in [0.4, 0.5) is 17.3 Å². The van der Waals surface area contributed by atoms with Crippen molar-refractivity contribution < 1.29 is 0 Å². The molecule has 0 radical (unpaired) electrons. The Hall–Kier alpha value is -2.14. The highest BCUT2D eigenvalue weighted by Crippen LogP contribution is 2.35. The molecule has 20 heavy (non-hydrogen) atoms. The Labute approximate surface area is 119 Å². The van der Waals surface area contributed by atoms with Gasteiger partial charge in [0.2, 0.25) is 5.95 Å². The van der Waals surface area contributed by atoms with Crippen molar-refractivity contribution >= 4 is 17.3 Å². The third-order valence-electron chi connectivity index (χ3n) is 3.77. The van der Waals surface area contributed by atoms with Crippen molar-refractivity contribution in [1.82, 2.24) is 9.97 Å². The average Bonchev–Trinajstić information content (AvgIpc) is 2.48. The van der Waals surface area contributed by atoms with Gasteiger partial charge >= 0.3 is 0 Å². The first-order valence-corrected chi connectivity index (χ1v) is 6.81. The van der Waals surface area contributed by atoms with Gasteiger partial charge in [0.25, 0.3) is 0 Å². The Morgan fingerprint density at radius 2 is 1.95 bits per heavy atom. The van der Waals surface area contributed by atoms with E-state index in [0.29, 0.717) is 6.54 Å². The van der Waals surface area contributed by atoms with E-state index in [9.17, 15) is 0 Å². The van der Waals surface area contributed by atoms with Gasteiger partial charge in [0.1, 0.15) is 0 Å². The highest BCUT2D eigenvalue weighted by Gasteiger charge is 2.22. The summed E-state index contributed by atoms with van der Waals surface area (Å²) in [6.45, 7) is 4.30. The lowest BCUT2D eigenvalue weighted by atomic mass is 10.2. The molecule has 0 saturated carbocycles. The van der Waals surface area contributed by atoms with Gasteiger partial charge in [-0.3, -0.25) is 0 Å². The van der Waals surface area contributed by atoms with Crippen LogP contribution in [0.1, 0.15) is 11.3 Å². The molecule has 2 heterocycles. The maximum Gasteiger partial charge on any atom is 0.230 e. The van der Waals surface area contributed by atoms with Gasteiger partial charge in [-0.2, -0.15) is 0 Å². The minimum absolute atomic E-state index is 0.478. The smallest absolute Gasteiger partial charge is 0.230 e. The number of likely N-dealkylation sites (N-methyl/N-ethyl adjacent to an activating group) is 1. The van der Waals surface area contributed by atoms with E-state index in [0.717, 1.165) is 36.0 Å². The van der Waals surface area contributed by atoms with Gasteiger partial charge in [0, 0.05) is 44.1 Å². The molecule has 104 valence electrons. The zero-order chi connectivity index (χ0) is 14.1. The number of nitrogens with zero attached hydrogens (tertiary/aromatic N) is 4. The van der Waals surface area contributed by atoms with Crippen LogP contribution in [0.3, 0.4) is 0 Å². The molecule has 2 aromatic rings. The van der Waals surface area contributed by atoms with Crippen LogP contribution in [0.5, 0.6) is 0 Å². The van der Waals surface area contributed by atoms with Gasteiger partial charge in [-0.05, 0) is 19.1 Å². The van der Waals surface area contributed by atoms with Crippen LogP contribution in [0, 0.1) is 6.92 Å². The molecule has 0 amide bonds. The Morgan fingerprint density at radius 1 is 1.20 bits per heavy atom. The molecule has 5 heteroatoms. The molecule has 2 N–H and O–H groups in total. The standard InChI is InChI=1S/C15H19N5/c1-11-12(9-16)10-17-15(18-11)20-8-7-19(2)13-5-3-4-6-14(13)20/h3-6,10H,7-9,16H2,1-2H3. The van der Waals surface area contributed by atoms with Crippen LogP contribution in [-0.4, -0.2) is 30.1 Å². The largest absolute Gasteiger partial charge is 0.371 e. The molecular formula is C15H19N5. The van der Waals surface area contributed by atoms with Crippen LogP contribution in [-0.2, 0) is 6.54 Å². The molecule has 0 saturated heterocycles. The maximum absolute atomic E-state index is 5.67. The Bertz CT molecular complexity index is 625. The van der Waals surface area contributed by atoms with Crippen molar-refractivity contribution in [3.05, 3.63) is 41.7 Å². The number of aromatic nitrogens is 2. The Kier molecular flexibility index (Phi) is 3.28. The lowest BCUT2D eigenvalue weighted by Gasteiger charge is -2.35. The minimum Gasteiger partial charge on any atom is -0.371 e. The number of rotatable bonds is 2. The lowest BCUT2D eigenvalue weighted by Crippen LogP contribution is -2.37. The van der Waals surface area contributed by atoms with Crippen molar-refractivity contribution in [2.24, 2.45) is 5.73 Å². The highest BCUT2D eigenvalue weighted by molar-refractivity contribution is 5.77. The van der Waals surface area contributed by atoms with Crippen LogP contribution in [0.15, 0.2) is 30.5 Å². The molecule has 1 aliphatic rings. The second kappa shape index (κ2) is 5.09. The molecule has 0 atom stereocenters. The number of para-hydroxylation sites is 2. The quantitative estimate of drug-likeness (QED) is 0.901.